The summed E-state index contributed by atoms with van der Waals surface area (Å²) in [5.41, 5.74) is -1.13. The molecule has 2 aromatic rings. The first-order valence-electron chi connectivity index (χ1n) is 8.31. The van der Waals surface area contributed by atoms with Gasteiger partial charge in [0.1, 0.15) is 5.60 Å². The minimum Gasteiger partial charge on any atom is -0.459 e. The van der Waals surface area contributed by atoms with Crippen molar-refractivity contribution < 1.29 is 23.5 Å². The molecule has 0 aliphatic carbocycles. The average molecular weight is 356 g/mol. The van der Waals surface area contributed by atoms with Crippen molar-refractivity contribution >= 4 is 11.8 Å². The number of aliphatic hydroxyl groups is 1. The molecule has 7 nitrogen and oxygen atoms in total. The maximum Gasteiger partial charge on any atom is 0.289 e. The van der Waals surface area contributed by atoms with E-state index < -0.39 is 5.60 Å². The van der Waals surface area contributed by atoms with Gasteiger partial charge in [0.2, 0.25) is 0 Å². The molecule has 136 valence electrons. The Morgan fingerprint density at radius 2 is 1.65 bits per heavy atom. The number of rotatable bonds is 2. The monoisotopic (exact) mass is 356 g/mol. The molecule has 0 spiro atoms. The fraction of sp³-hybridized carbons (Fsp3) is 0.368. The van der Waals surface area contributed by atoms with Crippen molar-refractivity contribution in [1.82, 2.24) is 9.80 Å². The Balaban J connectivity index is 1.59. The van der Waals surface area contributed by atoms with Crippen LogP contribution >= 0.6 is 0 Å². The fourth-order valence-corrected chi connectivity index (χ4v) is 2.56. The molecule has 0 bridgehead atoms. The number of hydrogen-bond acceptors (Lipinski definition) is 5. The molecular formula is C19H20N2O5. The maximum atomic E-state index is 12.5. The lowest BCUT2D eigenvalue weighted by Gasteiger charge is -2.33. The molecule has 0 aromatic carbocycles. The van der Waals surface area contributed by atoms with Crippen LogP contribution in [0.3, 0.4) is 0 Å². The van der Waals surface area contributed by atoms with Crippen LogP contribution in [-0.4, -0.2) is 58.5 Å². The van der Waals surface area contributed by atoms with Gasteiger partial charge in [0.05, 0.1) is 6.26 Å². The molecule has 2 aromatic heterocycles. The minimum atomic E-state index is -1.13. The largest absolute Gasteiger partial charge is 0.459 e. The van der Waals surface area contributed by atoms with Crippen LogP contribution in [0.15, 0.2) is 39.4 Å². The molecule has 0 atom stereocenters. The lowest BCUT2D eigenvalue weighted by Crippen LogP contribution is -2.50. The average Bonchev–Trinajstić information content (AvgIpc) is 3.30. The summed E-state index contributed by atoms with van der Waals surface area (Å²) < 4.78 is 10.6. The predicted molar refractivity (Wildman–Crippen MR) is 92.4 cm³/mol. The number of furan rings is 2. The van der Waals surface area contributed by atoms with Gasteiger partial charge in [-0.1, -0.05) is 5.92 Å². The normalized spacial score (nSPS) is 14.7. The topological polar surface area (TPSA) is 87.1 Å². The Morgan fingerprint density at radius 1 is 1.04 bits per heavy atom. The SMILES string of the molecule is CC(C)(O)C#Cc1ccc(C(=O)N2CCN(C(=O)c3ccco3)CC2)o1. The Labute approximate surface area is 151 Å². The Hall–Kier alpha value is -2.98. The van der Waals surface area contributed by atoms with Crippen molar-refractivity contribution in [3.05, 3.63) is 47.8 Å². The Kier molecular flexibility index (Phi) is 4.87. The molecule has 0 unspecified atom stereocenters. The summed E-state index contributed by atoms with van der Waals surface area (Å²) in [6.45, 7) is 4.82. The van der Waals surface area contributed by atoms with E-state index in [-0.39, 0.29) is 17.6 Å². The smallest absolute Gasteiger partial charge is 0.289 e. The summed E-state index contributed by atoms with van der Waals surface area (Å²) in [6, 6.07) is 6.46. The van der Waals surface area contributed by atoms with Crippen molar-refractivity contribution in [2.75, 3.05) is 26.2 Å². The summed E-state index contributed by atoms with van der Waals surface area (Å²) in [7, 11) is 0. The van der Waals surface area contributed by atoms with Crippen molar-refractivity contribution in [1.29, 1.82) is 0 Å². The van der Waals surface area contributed by atoms with E-state index in [4.69, 9.17) is 8.83 Å². The van der Waals surface area contributed by atoms with Crippen molar-refractivity contribution in [3.63, 3.8) is 0 Å². The zero-order chi connectivity index (χ0) is 18.7. The standard InChI is InChI=1S/C19H20N2O5/c1-19(2,24)8-7-14-5-6-16(26-14)18(23)21-11-9-20(10-12-21)17(22)15-4-3-13-25-15/h3-6,13,24H,9-12H2,1-2H3. The molecular weight excluding hydrogens is 336 g/mol. The first-order chi connectivity index (χ1) is 12.3. The highest BCUT2D eigenvalue weighted by molar-refractivity contribution is 5.93. The molecule has 0 radical (unpaired) electrons. The zero-order valence-corrected chi connectivity index (χ0v) is 14.7. The van der Waals surface area contributed by atoms with Gasteiger partial charge in [0, 0.05) is 26.2 Å². The number of carbonyl (C=O) groups excluding carboxylic acids is 2. The molecule has 1 aliphatic heterocycles. The Bertz CT molecular complexity index is 841. The van der Waals surface area contributed by atoms with Gasteiger partial charge in [-0.25, -0.2) is 0 Å². The van der Waals surface area contributed by atoms with Gasteiger partial charge in [-0.3, -0.25) is 9.59 Å². The number of amides is 2. The van der Waals surface area contributed by atoms with Gasteiger partial charge in [0.25, 0.3) is 11.8 Å². The van der Waals surface area contributed by atoms with E-state index in [9.17, 15) is 14.7 Å². The van der Waals surface area contributed by atoms with Crippen LogP contribution in [0.5, 0.6) is 0 Å². The van der Waals surface area contributed by atoms with Gasteiger partial charge in [-0.15, -0.1) is 0 Å². The molecule has 3 rings (SSSR count). The van der Waals surface area contributed by atoms with Crippen molar-refractivity contribution in [2.45, 2.75) is 19.4 Å². The molecule has 1 saturated heterocycles. The molecule has 0 saturated carbocycles. The van der Waals surface area contributed by atoms with Crippen LogP contribution in [0.2, 0.25) is 0 Å². The van der Waals surface area contributed by atoms with Crippen LogP contribution in [0.1, 0.15) is 40.7 Å². The predicted octanol–water partition coefficient (Wildman–Crippen LogP) is 1.59. The highest BCUT2D eigenvalue weighted by atomic mass is 16.4. The highest BCUT2D eigenvalue weighted by Crippen LogP contribution is 2.14. The van der Waals surface area contributed by atoms with Crippen LogP contribution < -0.4 is 0 Å². The molecule has 2 amide bonds. The second kappa shape index (κ2) is 7.10. The lowest BCUT2D eigenvalue weighted by molar-refractivity contribution is 0.0502. The van der Waals surface area contributed by atoms with Crippen LogP contribution in [0.25, 0.3) is 0 Å². The first-order valence-corrected chi connectivity index (χ1v) is 8.31. The van der Waals surface area contributed by atoms with Gasteiger partial charge < -0.3 is 23.7 Å². The van der Waals surface area contributed by atoms with Crippen LogP contribution in [-0.2, 0) is 0 Å². The molecule has 26 heavy (non-hydrogen) atoms. The second-order valence-electron chi connectivity index (χ2n) is 6.53. The van der Waals surface area contributed by atoms with Crippen LogP contribution in [0, 0.1) is 11.8 Å². The second-order valence-corrected chi connectivity index (χ2v) is 6.53. The third-order valence-electron chi connectivity index (χ3n) is 3.89. The molecule has 7 heteroatoms. The van der Waals surface area contributed by atoms with E-state index in [1.54, 1.807) is 47.9 Å². The fourth-order valence-electron chi connectivity index (χ4n) is 2.56. The van der Waals surface area contributed by atoms with E-state index >= 15 is 0 Å². The van der Waals surface area contributed by atoms with Gasteiger partial charge in [-0.2, -0.15) is 0 Å². The summed E-state index contributed by atoms with van der Waals surface area (Å²) in [5.74, 6) is 5.72. The minimum absolute atomic E-state index is 0.177. The quantitative estimate of drug-likeness (QED) is 0.826. The summed E-state index contributed by atoms with van der Waals surface area (Å²) in [5, 5.41) is 9.61. The lowest BCUT2D eigenvalue weighted by atomic mass is 10.1. The number of piperazine rings is 1. The summed E-state index contributed by atoms with van der Waals surface area (Å²) in [4.78, 5) is 28.1. The summed E-state index contributed by atoms with van der Waals surface area (Å²) >= 11 is 0. The van der Waals surface area contributed by atoms with Gasteiger partial charge >= 0.3 is 0 Å². The van der Waals surface area contributed by atoms with E-state index in [0.717, 1.165) is 0 Å². The van der Waals surface area contributed by atoms with Gasteiger partial charge in [-0.05, 0) is 44.0 Å². The molecule has 3 heterocycles. The summed E-state index contributed by atoms with van der Waals surface area (Å²) in [6.07, 6.45) is 1.46. The van der Waals surface area contributed by atoms with Crippen LogP contribution in [0.4, 0.5) is 0 Å². The number of nitrogens with zero attached hydrogens (tertiary/aromatic N) is 2. The third kappa shape index (κ3) is 4.16. The molecule has 1 N–H and O–H groups in total. The van der Waals surface area contributed by atoms with E-state index in [2.05, 4.69) is 11.8 Å². The molecule has 1 fully saturated rings. The van der Waals surface area contributed by atoms with E-state index in [1.165, 1.54) is 6.26 Å². The van der Waals surface area contributed by atoms with E-state index in [0.29, 0.717) is 37.7 Å². The number of carbonyl (C=O) groups is 2. The van der Waals surface area contributed by atoms with Crippen molar-refractivity contribution in [2.24, 2.45) is 0 Å². The van der Waals surface area contributed by atoms with Crippen molar-refractivity contribution in [3.8, 4) is 11.8 Å². The number of hydrogen-bond donors (Lipinski definition) is 1. The molecule has 1 aliphatic rings. The van der Waals surface area contributed by atoms with E-state index in [1.807, 2.05) is 0 Å². The Morgan fingerprint density at radius 3 is 2.19 bits per heavy atom. The third-order valence-corrected chi connectivity index (χ3v) is 3.89. The maximum absolute atomic E-state index is 12.5. The first kappa shape index (κ1) is 17.8. The van der Waals surface area contributed by atoms with Gasteiger partial charge in [0.15, 0.2) is 17.3 Å². The highest BCUT2D eigenvalue weighted by Gasteiger charge is 2.27. The zero-order valence-electron chi connectivity index (χ0n) is 14.7.